The lowest BCUT2D eigenvalue weighted by Gasteiger charge is -2.00. The fourth-order valence-electron chi connectivity index (χ4n) is 2.41. The van der Waals surface area contributed by atoms with Crippen molar-refractivity contribution in [1.82, 2.24) is 24.9 Å². The molecule has 4 aromatic rings. The average molecular weight is 416 g/mol. The zero-order valence-electron chi connectivity index (χ0n) is 14.5. The summed E-state index contributed by atoms with van der Waals surface area (Å²) in [6.07, 6.45) is -3.97. The van der Waals surface area contributed by atoms with E-state index in [-0.39, 0.29) is 15.6 Å². The Kier molecular flexibility index (Phi) is 4.80. The van der Waals surface area contributed by atoms with Crippen LogP contribution in [0, 0.1) is 0 Å². The number of benzene rings is 2. The smallest absolute Gasteiger partial charge is 0.286 e. The van der Waals surface area contributed by atoms with Gasteiger partial charge in [0.1, 0.15) is 0 Å². The Morgan fingerprint density at radius 2 is 1.66 bits per heavy atom. The second kappa shape index (κ2) is 7.43. The minimum atomic E-state index is -4.63. The van der Waals surface area contributed by atoms with Gasteiger partial charge in [0, 0.05) is 5.56 Å². The molecule has 0 saturated heterocycles. The molecule has 0 aliphatic rings. The molecule has 2 aromatic carbocycles. The number of hydrogen-bond donors (Lipinski definition) is 0. The highest BCUT2D eigenvalue weighted by Gasteiger charge is 2.34. The molecule has 0 amide bonds. The molecule has 11 heteroatoms. The van der Waals surface area contributed by atoms with Crippen LogP contribution in [-0.4, -0.2) is 30.7 Å². The van der Waals surface area contributed by atoms with Crippen LogP contribution in [0.25, 0.3) is 5.69 Å². The number of nitrogens with zero attached hydrogens (tertiary/aromatic N) is 6. The number of hydrogen-bond acceptors (Lipinski definition) is 6. The summed E-state index contributed by atoms with van der Waals surface area (Å²) in [5, 5.41) is 15.0. The lowest BCUT2D eigenvalue weighted by molar-refractivity contribution is -0.141. The number of para-hydroxylation sites is 1. The van der Waals surface area contributed by atoms with Gasteiger partial charge in [-0.25, -0.2) is 4.68 Å². The molecule has 2 heterocycles. The summed E-state index contributed by atoms with van der Waals surface area (Å²) < 4.78 is 39.7. The number of carbonyl (C=O) groups excluding carboxylic acids is 1. The molecule has 0 spiro atoms. The van der Waals surface area contributed by atoms with Crippen LogP contribution in [-0.2, 0) is 6.18 Å². The standard InChI is InChI=1S/C18H11F3N6OS/c19-18(20,21)14-11-26(25-22-14)24-17-27(13-9-5-2-6-10-13)23-16(29-17)15(28)12-7-3-1-4-8-12/h1-11H. The van der Waals surface area contributed by atoms with Gasteiger partial charge in [-0.1, -0.05) is 59.9 Å². The molecule has 146 valence electrons. The molecular weight excluding hydrogens is 405 g/mol. The molecule has 0 saturated carbocycles. The predicted octanol–water partition coefficient (Wildman–Crippen LogP) is 3.14. The van der Waals surface area contributed by atoms with E-state index in [0.29, 0.717) is 22.2 Å². The zero-order chi connectivity index (χ0) is 20.4. The summed E-state index contributed by atoms with van der Waals surface area (Å²) in [7, 11) is 0. The van der Waals surface area contributed by atoms with Gasteiger partial charge in [0.15, 0.2) is 10.7 Å². The van der Waals surface area contributed by atoms with Crippen molar-refractivity contribution in [2.24, 2.45) is 5.10 Å². The third-order valence-corrected chi connectivity index (χ3v) is 4.65. The Labute approximate surface area is 165 Å². The fraction of sp³-hybridized carbons (Fsp3) is 0.0556. The number of carbonyl (C=O) groups is 1. The Morgan fingerprint density at radius 1 is 1.00 bits per heavy atom. The van der Waals surface area contributed by atoms with Crippen LogP contribution in [0.5, 0.6) is 0 Å². The van der Waals surface area contributed by atoms with Crippen molar-refractivity contribution in [2.45, 2.75) is 6.18 Å². The van der Waals surface area contributed by atoms with Crippen LogP contribution in [0.15, 0.2) is 72.0 Å². The van der Waals surface area contributed by atoms with Crippen LogP contribution >= 0.6 is 11.3 Å². The number of aromatic nitrogens is 5. The van der Waals surface area contributed by atoms with Gasteiger partial charge in [-0.15, -0.1) is 15.0 Å². The summed E-state index contributed by atoms with van der Waals surface area (Å²) in [5.74, 6) is -0.323. The topological polar surface area (TPSA) is 78.0 Å². The van der Waals surface area contributed by atoms with Gasteiger partial charge in [0.05, 0.1) is 11.9 Å². The first-order valence-corrected chi connectivity index (χ1v) is 9.03. The molecule has 0 aliphatic carbocycles. The molecule has 0 fully saturated rings. The van der Waals surface area contributed by atoms with E-state index in [9.17, 15) is 18.0 Å². The molecule has 0 bridgehead atoms. The highest BCUT2D eigenvalue weighted by molar-refractivity contribution is 7.11. The first kappa shape index (κ1) is 18.7. The normalized spacial score (nSPS) is 12.3. The van der Waals surface area contributed by atoms with Crippen LogP contribution in [0.2, 0.25) is 0 Å². The quantitative estimate of drug-likeness (QED) is 0.479. The van der Waals surface area contributed by atoms with E-state index in [1.165, 1.54) is 4.68 Å². The molecule has 4 rings (SSSR count). The summed E-state index contributed by atoms with van der Waals surface area (Å²) >= 11 is 0.935. The molecule has 0 aliphatic heterocycles. The van der Waals surface area contributed by atoms with E-state index >= 15 is 0 Å². The minimum Gasteiger partial charge on any atom is -0.286 e. The second-order valence-corrected chi connectivity index (χ2v) is 6.71. The maximum atomic E-state index is 12.8. The Morgan fingerprint density at radius 3 is 2.28 bits per heavy atom. The van der Waals surface area contributed by atoms with Crippen LogP contribution in [0.3, 0.4) is 0 Å². The van der Waals surface area contributed by atoms with E-state index in [4.69, 9.17) is 0 Å². The van der Waals surface area contributed by atoms with Crippen molar-refractivity contribution in [1.29, 1.82) is 0 Å². The van der Waals surface area contributed by atoms with E-state index in [0.717, 1.165) is 11.3 Å². The van der Waals surface area contributed by atoms with E-state index < -0.39 is 11.9 Å². The minimum absolute atomic E-state index is 0.134. The monoisotopic (exact) mass is 416 g/mol. The molecule has 0 unspecified atom stereocenters. The van der Waals surface area contributed by atoms with Gasteiger partial charge >= 0.3 is 6.18 Å². The Balaban J connectivity index is 1.83. The number of alkyl halides is 3. The first-order chi connectivity index (χ1) is 13.9. The van der Waals surface area contributed by atoms with Crippen molar-refractivity contribution < 1.29 is 18.0 Å². The summed E-state index contributed by atoms with van der Waals surface area (Å²) in [5.41, 5.74) is -0.142. The van der Waals surface area contributed by atoms with Gasteiger partial charge < -0.3 is 0 Å². The highest BCUT2D eigenvalue weighted by Crippen LogP contribution is 2.26. The zero-order valence-corrected chi connectivity index (χ0v) is 15.3. The highest BCUT2D eigenvalue weighted by atomic mass is 32.1. The van der Waals surface area contributed by atoms with Crippen molar-refractivity contribution >= 4 is 17.1 Å². The van der Waals surface area contributed by atoms with E-state index in [1.54, 1.807) is 60.7 Å². The summed E-state index contributed by atoms with van der Waals surface area (Å²) in [6.45, 7) is 0. The number of rotatable bonds is 4. The molecular formula is C18H11F3N6OS. The van der Waals surface area contributed by atoms with Gasteiger partial charge in [-0.05, 0) is 17.3 Å². The lowest BCUT2D eigenvalue weighted by Crippen LogP contribution is -2.16. The molecule has 7 nitrogen and oxygen atoms in total. The van der Waals surface area contributed by atoms with Gasteiger partial charge in [0.2, 0.25) is 10.6 Å². The SMILES string of the molecule is O=C(c1ccccc1)c1nn(-c2ccccc2)c(=Nn2cc(C(F)(F)F)nn2)s1. The molecule has 0 radical (unpaired) electrons. The Hall–Kier alpha value is -3.60. The third kappa shape index (κ3) is 3.99. The summed E-state index contributed by atoms with van der Waals surface area (Å²) in [4.78, 5) is 13.6. The Bertz CT molecular complexity index is 1210. The first-order valence-electron chi connectivity index (χ1n) is 8.22. The lowest BCUT2D eigenvalue weighted by atomic mass is 10.1. The van der Waals surface area contributed by atoms with E-state index in [2.05, 4.69) is 20.5 Å². The van der Waals surface area contributed by atoms with E-state index in [1.807, 2.05) is 0 Å². The van der Waals surface area contributed by atoms with Crippen LogP contribution in [0.4, 0.5) is 13.2 Å². The van der Waals surface area contributed by atoms with Gasteiger partial charge in [0.25, 0.3) is 0 Å². The fourth-order valence-corrected chi connectivity index (χ4v) is 3.27. The van der Waals surface area contributed by atoms with Crippen molar-refractivity contribution in [3.05, 3.63) is 87.9 Å². The van der Waals surface area contributed by atoms with Crippen molar-refractivity contribution in [3.63, 3.8) is 0 Å². The molecule has 0 atom stereocenters. The summed E-state index contributed by atoms with van der Waals surface area (Å²) in [6, 6.07) is 17.3. The number of halogens is 3. The van der Waals surface area contributed by atoms with Crippen molar-refractivity contribution in [2.75, 3.05) is 0 Å². The third-order valence-electron chi connectivity index (χ3n) is 3.75. The van der Waals surface area contributed by atoms with Gasteiger partial charge in [-0.3, -0.25) is 4.79 Å². The molecule has 29 heavy (non-hydrogen) atoms. The molecule has 2 aromatic heterocycles. The maximum absolute atomic E-state index is 12.8. The number of ketones is 1. The predicted molar refractivity (Wildman–Crippen MR) is 97.3 cm³/mol. The molecule has 0 N–H and O–H groups in total. The van der Waals surface area contributed by atoms with Crippen LogP contribution < -0.4 is 4.80 Å². The largest absolute Gasteiger partial charge is 0.436 e. The van der Waals surface area contributed by atoms with Gasteiger partial charge in [-0.2, -0.15) is 18.3 Å². The van der Waals surface area contributed by atoms with Crippen molar-refractivity contribution in [3.8, 4) is 5.69 Å². The second-order valence-electron chi connectivity index (χ2n) is 5.75. The average Bonchev–Trinajstić information content (AvgIpc) is 3.36. The maximum Gasteiger partial charge on any atom is 0.436 e. The van der Waals surface area contributed by atoms with Crippen LogP contribution in [0.1, 0.15) is 21.1 Å².